The number of carbonyl (C=O) groups is 1. The van der Waals surface area contributed by atoms with Crippen LogP contribution >= 0.6 is 22.6 Å². The molecule has 0 spiro atoms. The SMILES string of the molecule is Cc1cccc(-c2nn(Cc3cccc(C#N)c3)cc2-c2ccc(N=CN)nc2/C=C/C(=O)I)n1. The Labute approximate surface area is 216 Å². The van der Waals surface area contributed by atoms with Crippen molar-refractivity contribution in [3.05, 3.63) is 89.4 Å². The van der Waals surface area contributed by atoms with E-state index in [0.717, 1.165) is 22.4 Å². The van der Waals surface area contributed by atoms with Crippen LogP contribution in [0.15, 0.2) is 71.9 Å². The van der Waals surface area contributed by atoms with Crippen molar-refractivity contribution in [1.82, 2.24) is 19.7 Å². The first-order valence-corrected chi connectivity index (χ1v) is 11.7. The molecule has 0 unspecified atom stereocenters. The normalized spacial score (nSPS) is 11.2. The van der Waals surface area contributed by atoms with Gasteiger partial charge >= 0.3 is 0 Å². The molecular weight excluding hydrogens is 553 g/mol. The van der Waals surface area contributed by atoms with Crippen molar-refractivity contribution in [2.24, 2.45) is 10.7 Å². The molecule has 3 heterocycles. The highest BCUT2D eigenvalue weighted by Crippen LogP contribution is 2.34. The molecule has 2 N–H and O–H groups in total. The second-order valence-corrected chi connectivity index (χ2v) is 8.65. The van der Waals surface area contributed by atoms with Gasteiger partial charge in [0.2, 0.25) is 3.79 Å². The Hall–Kier alpha value is -4.17. The highest BCUT2D eigenvalue weighted by molar-refractivity contribution is 14.1. The number of hydrogen-bond donors (Lipinski definition) is 1. The van der Waals surface area contributed by atoms with Crippen LogP contribution in [0.1, 0.15) is 22.5 Å². The van der Waals surface area contributed by atoms with Gasteiger partial charge in [0.05, 0.1) is 35.9 Å². The van der Waals surface area contributed by atoms with Crippen molar-refractivity contribution < 1.29 is 4.79 Å². The first-order chi connectivity index (χ1) is 17.0. The van der Waals surface area contributed by atoms with Gasteiger partial charge < -0.3 is 5.73 Å². The molecule has 4 rings (SSSR count). The molecule has 1 aromatic carbocycles. The third-order valence-corrected chi connectivity index (χ3v) is 5.43. The van der Waals surface area contributed by atoms with E-state index in [1.807, 2.05) is 60.3 Å². The van der Waals surface area contributed by atoms with Crippen LogP contribution in [0.5, 0.6) is 0 Å². The summed E-state index contributed by atoms with van der Waals surface area (Å²) < 4.78 is 1.69. The Morgan fingerprint density at radius 1 is 1.17 bits per heavy atom. The highest BCUT2D eigenvalue weighted by Gasteiger charge is 2.18. The molecule has 0 fully saturated rings. The average molecular weight is 573 g/mol. The van der Waals surface area contributed by atoms with Gasteiger partial charge in [-0.05, 0) is 61.0 Å². The molecular formula is C26H20IN7O. The maximum Gasteiger partial charge on any atom is 0.215 e. The zero-order valence-electron chi connectivity index (χ0n) is 18.8. The van der Waals surface area contributed by atoms with Gasteiger partial charge in [0.1, 0.15) is 5.69 Å². The predicted molar refractivity (Wildman–Crippen MR) is 144 cm³/mol. The summed E-state index contributed by atoms with van der Waals surface area (Å²) in [6.07, 6.45) is 6.20. The molecule has 0 atom stereocenters. The Morgan fingerprint density at radius 3 is 2.74 bits per heavy atom. The predicted octanol–water partition coefficient (Wildman–Crippen LogP) is 4.83. The number of benzene rings is 1. The van der Waals surface area contributed by atoms with Crippen molar-refractivity contribution in [1.29, 1.82) is 5.26 Å². The Kier molecular flexibility index (Phi) is 7.42. The monoisotopic (exact) mass is 573 g/mol. The smallest absolute Gasteiger partial charge is 0.215 e. The van der Waals surface area contributed by atoms with Crippen molar-refractivity contribution >= 4 is 44.6 Å². The summed E-state index contributed by atoms with van der Waals surface area (Å²) in [5, 5.41) is 14.1. The van der Waals surface area contributed by atoms with E-state index in [-0.39, 0.29) is 3.79 Å². The van der Waals surface area contributed by atoms with Gasteiger partial charge in [-0.25, -0.2) is 9.98 Å². The number of aryl methyl sites for hydroxylation is 1. The molecule has 35 heavy (non-hydrogen) atoms. The van der Waals surface area contributed by atoms with E-state index in [0.29, 0.717) is 35.0 Å². The van der Waals surface area contributed by atoms with Crippen LogP contribution in [0.4, 0.5) is 5.82 Å². The Morgan fingerprint density at radius 2 is 2.00 bits per heavy atom. The minimum Gasteiger partial charge on any atom is -0.390 e. The van der Waals surface area contributed by atoms with Crippen molar-refractivity contribution in [3.63, 3.8) is 0 Å². The number of pyridine rings is 2. The van der Waals surface area contributed by atoms with E-state index < -0.39 is 0 Å². The van der Waals surface area contributed by atoms with E-state index in [4.69, 9.17) is 10.8 Å². The number of allylic oxidation sites excluding steroid dienone is 1. The molecule has 0 radical (unpaired) electrons. The molecule has 3 aromatic heterocycles. The number of nitriles is 1. The summed E-state index contributed by atoms with van der Waals surface area (Å²) in [6, 6.07) is 19.0. The molecule has 0 aliphatic heterocycles. The first kappa shape index (κ1) is 24.0. The van der Waals surface area contributed by atoms with Gasteiger partial charge in [0.15, 0.2) is 5.82 Å². The molecule has 172 valence electrons. The zero-order valence-corrected chi connectivity index (χ0v) is 20.9. The summed E-state index contributed by atoms with van der Waals surface area (Å²) in [5.74, 6) is 0.424. The molecule has 0 saturated carbocycles. The number of aromatic nitrogens is 4. The quantitative estimate of drug-likeness (QED) is 0.111. The fourth-order valence-corrected chi connectivity index (χ4v) is 3.78. The summed E-state index contributed by atoms with van der Waals surface area (Å²) in [6.45, 7) is 2.39. The molecule has 4 aromatic rings. The number of nitrogens with zero attached hydrogens (tertiary/aromatic N) is 6. The maximum absolute atomic E-state index is 11.6. The van der Waals surface area contributed by atoms with Gasteiger partial charge in [-0.1, -0.05) is 18.2 Å². The van der Waals surface area contributed by atoms with Gasteiger partial charge in [-0.3, -0.25) is 14.5 Å². The zero-order chi connectivity index (χ0) is 24.8. The first-order valence-electron chi connectivity index (χ1n) is 10.6. The maximum atomic E-state index is 11.6. The van der Waals surface area contributed by atoms with Gasteiger partial charge in [0.25, 0.3) is 0 Å². The van der Waals surface area contributed by atoms with E-state index in [1.54, 1.807) is 40.8 Å². The summed E-state index contributed by atoms with van der Waals surface area (Å²) >= 11 is 1.71. The lowest BCUT2D eigenvalue weighted by Crippen LogP contribution is -2.01. The van der Waals surface area contributed by atoms with Crippen molar-refractivity contribution in [3.8, 4) is 28.6 Å². The summed E-state index contributed by atoms with van der Waals surface area (Å²) in [4.78, 5) is 24.9. The standard InChI is InChI=1S/C26H20IN7O/c1-17-4-2-7-23(31-17)26-21(15-34(33-26)14-19-6-3-5-18(12-19)13-28)20-8-11-25(30-16-29)32-22(20)9-10-24(27)35/h2-12,15-16H,14H2,1H3,(H2,29,30,32)/b10-9+. The fourth-order valence-electron chi connectivity index (χ4n) is 3.60. The Bertz CT molecular complexity index is 1500. The van der Waals surface area contributed by atoms with Crippen LogP contribution in [-0.4, -0.2) is 29.9 Å². The fraction of sp³-hybridized carbons (Fsp3) is 0.0769. The summed E-state index contributed by atoms with van der Waals surface area (Å²) in [5.41, 5.74) is 11.4. The van der Waals surface area contributed by atoms with E-state index in [9.17, 15) is 10.1 Å². The number of halogens is 1. The van der Waals surface area contributed by atoms with E-state index in [1.165, 1.54) is 12.4 Å². The number of aliphatic imine (C=N–C) groups is 1. The molecule has 9 heteroatoms. The highest BCUT2D eigenvalue weighted by atomic mass is 127. The van der Waals surface area contributed by atoms with Crippen molar-refractivity contribution in [2.75, 3.05) is 0 Å². The van der Waals surface area contributed by atoms with Gasteiger partial charge in [-0.15, -0.1) is 0 Å². The largest absolute Gasteiger partial charge is 0.390 e. The minimum atomic E-state index is -0.128. The van der Waals surface area contributed by atoms with Crippen LogP contribution in [0.25, 0.3) is 28.6 Å². The third-order valence-electron chi connectivity index (χ3n) is 5.07. The third kappa shape index (κ3) is 5.85. The lowest BCUT2D eigenvalue weighted by Gasteiger charge is -2.07. The molecule has 0 aliphatic carbocycles. The molecule has 0 amide bonds. The number of rotatable bonds is 7. The second kappa shape index (κ2) is 10.8. The van der Waals surface area contributed by atoms with Crippen LogP contribution in [0.3, 0.4) is 0 Å². The van der Waals surface area contributed by atoms with Crippen LogP contribution in [-0.2, 0) is 11.3 Å². The lowest BCUT2D eigenvalue weighted by molar-refractivity contribution is -0.105. The topological polar surface area (TPSA) is 123 Å². The van der Waals surface area contributed by atoms with E-state index >= 15 is 0 Å². The van der Waals surface area contributed by atoms with Crippen molar-refractivity contribution in [2.45, 2.75) is 13.5 Å². The van der Waals surface area contributed by atoms with Crippen LogP contribution < -0.4 is 5.73 Å². The van der Waals surface area contributed by atoms with Crippen LogP contribution in [0, 0.1) is 18.3 Å². The average Bonchev–Trinajstić information content (AvgIpc) is 3.26. The molecule has 0 bridgehead atoms. The van der Waals surface area contributed by atoms with Crippen LogP contribution in [0.2, 0.25) is 0 Å². The second-order valence-electron chi connectivity index (χ2n) is 7.58. The molecule has 0 saturated heterocycles. The molecule has 0 aliphatic rings. The lowest BCUT2D eigenvalue weighted by atomic mass is 10.0. The van der Waals surface area contributed by atoms with Gasteiger partial charge in [-0.2, -0.15) is 10.4 Å². The minimum absolute atomic E-state index is 0.128. The van der Waals surface area contributed by atoms with E-state index in [2.05, 4.69) is 21.0 Å². The van der Waals surface area contributed by atoms with Gasteiger partial charge in [0, 0.05) is 45.6 Å². The molecule has 8 nitrogen and oxygen atoms in total. The number of nitrogens with two attached hydrogens (primary N) is 1. The number of hydrogen-bond acceptors (Lipinski definition) is 6. The Balaban J connectivity index is 1.88. The number of carbonyl (C=O) groups excluding carboxylic acids is 1. The summed E-state index contributed by atoms with van der Waals surface area (Å²) in [7, 11) is 0.